The number of para-hydroxylation sites is 1. The molecule has 5 nitrogen and oxygen atoms in total. The lowest BCUT2D eigenvalue weighted by molar-refractivity contribution is -0.128. The molecule has 0 spiro atoms. The third-order valence-corrected chi connectivity index (χ3v) is 3.35. The lowest BCUT2D eigenvalue weighted by Crippen LogP contribution is -2.44. The van der Waals surface area contributed by atoms with Crippen molar-refractivity contribution in [2.75, 3.05) is 0 Å². The molecule has 2 atom stereocenters. The van der Waals surface area contributed by atoms with E-state index in [1.807, 2.05) is 20.8 Å². The topological polar surface area (TPSA) is 75.6 Å². The molecule has 2 unspecified atom stereocenters. The van der Waals surface area contributed by atoms with Gasteiger partial charge >= 0.3 is 8.25 Å². The zero-order valence-corrected chi connectivity index (χ0v) is 13.4. The second kappa shape index (κ2) is 7.57. The van der Waals surface area contributed by atoms with Gasteiger partial charge in [0.15, 0.2) is 0 Å². The lowest BCUT2D eigenvalue weighted by atomic mass is 9.98. The van der Waals surface area contributed by atoms with E-state index in [0.717, 1.165) is 6.42 Å². The highest BCUT2D eigenvalue weighted by molar-refractivity contribution is 7.32. The van der Waals surface area contributed by atoms with Crippen LogP contribution >= 0.6 is 8.25 Å². The van der Waals surface area contributed by atoms with Crippen molar-refractivity contribution < 1.29 is 23.2 Å². The minimum absolute atomic E-state index is 0.0605. The molecule has 1 aromatic rings. The molecule has 0 saturated heterocycles. The van der Waals surface area contributed by atoms with Crippen molar-refractivity contribution in [3.63, 3.8) is 0 Å². The summed E-state index contributed by atoms with van der Waals surface area (Å²) in [7, 11) is -3.26. The van der Waals surface area contributed by atoms with Crippen molar-refractivity contribution in [1.29, 1.82) is 0 Å². The Kier molecular flexibility index (Phi) is 6.37. The van der Waals surface area contributed by atoms with Crippen LogP contribution in [0.25, 0.3) is 0 Å². The van der Waals surface area contributed by atoms with E-state index in [9.17, 15) is 13.8 Å². The van der Waals surface area contributed by atoms with Gasteiger partial charge in [0, 0.05) is 11.1 Å². The third-order valence-electron chi connectivity index (χ3n) is 2.96. The molecule has 0 aliphatic rings. The highest BCUT2D eigenvalue weighted by Crippen LogP contribution is 2.33. The van der Waals surface area contributed by atoms with Gasteiger partial charge < -0.3 is 14.7 Å². The minimum Gasteiger partial charge on any atom is -0.426 e. The Labute approximate surface area is 124 Å². The number of carbonyl (C=O) groups is 1. The predicted octanol–water partition coefficient (Wildman–Crippen LogP) is 3.15. The Morgan fingerprint density at radius 2 is 2.10 bits per heavy atom. The molecule has 0 fully saturated rings. The van der Waals surface area contributed by atoms with Crippen LogP contribution in [0.3, 0.4) is 0 Å². The van der Waals surface area contributed by atoms with Gasteiger partial charge in [0.25, 0.3) is 5.91 Å². The SMILES string of the molecule is CCCC(C)(C)NC(=O)C(F)c1ccccc1O[PH](=O)O. The maximum atomic E-state index is 14.3. The summed E-state index contributed by atoms with van der Waals surface area (Å²) >= 11 is 0. The largest absolute Gasteiger partial charge is 0.426 e. The molecule has 1 amide bonds. The fraction of sp³-hybridized carbons (Fsp3) is 0.500. The third kappa shape index (κ3) is 5.48. The van der Waals surface area contributed by atoms with Gasteiger partial charge in [0.1, 0.15) is 5.75 Å². The molecule has 0 saturated carbocycles. The van der Waals surface area contributed by atoms with E-state index in [-0.39, 0.29) is 11.3 Å². The smallest absolute Gasteiger partial charge is 0.365 e. The summed E-state index contributed by atoms with van der Waals surface area (Å²) in [6.45, 7) is 5.61. The van der Waals surface area contributed by atoms with E-state index in [1.54, 1.807) is 0 Å². The number of alkyl halides is 1. The molecule has 0 aromatic heterocycles. The van der Waals surface area contributed by atoms with Crippen LogP contribution < -0.4 is 9.84 Å². The van der Waals surface area contributed by atoms with Crippen LogP contribution in [0, 0.1) is 0 Å². The Balaban J connectivity index is 2.90. The first-order chi connectivity index (χ1) is 9.76. The van der Waals surface area contributed by atoms with Crippen LogP contribution in [-0.4, -0.2) is 16.3 Å². The molecular formula is C14H21FNO4P. The molecule has 0 radical (unpaired) electrons. The maximum Gasteiger partial charge on any atom is 0.365 e. The van der Waals surface area contributed by atoms with Crippen LogP contribution in [-0.2, 0) is 9.36 Å². The van der Waals surface area contributed by atoms with Gasteiger partial charge in [0.05, 0.1) is 0 Å². The molecule has 0 heterocycles. The van der Waals surface area contributed by atoms with Gasteiger partial charge in [-0.3, -0.25) is 4.79 Å². The quantitative estimate of drug-likeness (QED) is 0.758. The molecular weight excluding hydrogens is 296 g/mol. The highest BCUT2D eigenvalue weighted by Gasteiger charge is 2.28. The number of benzene rings is 1. The first kappa shape index (κ1) is 17.7. The molecule has 118 valence electrons. The molecule has 21 heavy (non-hydrogen) atoms. The number of hydrogen-bond acceptors (Lipinski definition) is 3. The van der Waals surface area contributed by atoms with Crippen LogP contribution in [0.4, 0.5) is 4.39 Å². The fourth-order valence-corrected chi connectivity index (χ4v) is 2.48. The first-order valence-corrected chi connectivity index (χ1v) is 7.99. The summed E-state index contributed by atoms with van der Waals surface area (Å²) < 4.78 is 29.8. The van der Waals surface area contributed by atoms with Crippen LogP contribution in [0.1, 0.15) is 45.3 Å². The summed E-state index contributed by atoms with van der Waals surface area (Å²) in [4.78, 5) is 20.8. The molecule has 2 N–H and O–H groups in total. The zero-order valence-electron chi connectivity index (χ0n) is 12.4. The Hall–Kier alpha value is -1.39. The van der Waals surface area contributed by atoms with Crippen LogP contribution in [0.15, 0.2) is 24.3 Å². The Morgan fingerprint density at radius 1 is 1.48 bits per heavy atom. The van der Waals surface area contributed by atoms with E-state index in [0.29, 0.717) is 6.42 Å². The lowest BCUT2D eigenvalue weighted by Gasteiger charge is -2.27. The number of hydrogen-bond donors (Lipinski definition) is 2. The zero-order chi connectivity index (χ0) is 16.0. The molecule has 7 heteroatoms. The predicted molar refractivity (Wildman–Crippen MR) is 79.3 cm³/mol. The summed E-state index contributed by atoms with van der Waals surface area (Å²) in [5.74, 6) is -0.887. The van der Waals surface area contributed by atoms with Crippen molar-refractivity contribution in [3.05, 3.63) is 29.8 Å². The fourth-order valence-electron chi connectivity index (χ4n) is 2.10. The van der Waals surface area contributed by atoms with Gasteiger partial charge in [-0.2, -0.15) is 0 Å². The average Bonchev–Trinajstić information content (AvgIpc) is 2.37. The minimum atomic E-state index is -3.26. The summed E-state index contributed by atoms with van der Waals surface area (Å²) in [5, 5.41) is 2.63. The second-order valence-electron chi connectivity index (χ2n) is 5.39. The van der Waals surface area contributed by atoms with Crippen molar-refractivity contribution in [2.45, 2.75) is 45.3 Å². The molecule has 0 bridgehead atoms. The average molecular weight is 317 g/mol. The monoisotopic (exact) mass is 317 g/mol. The van der Waals surface area contributed by atoms with Gasteiger partial charge in [-0.15, -0.1) is 0 Å². The van der Waals surface area contributed by atoms with E-state index in [4.69, 9.17) is 4.89 Å². The van der Waals surface area contributed by atoms with Gasteiger partial charge in [0.2, 0.25) is 6.17 Å². The number of carbonyl (C=O) groups excluding carboxylic acids is 1. The standard InChI is InChI=1S/C14H21FNO4P/c1-4-9-14(2,3)16-13(17)12(15)10-7-5-6-8-11(10)20-21(18)19/h5-8,12,21H,4,9H2,1-3H3,(H,16,17)(H,18,19). The van der Waals surface area contributed by atoms with Gasteiger partial charge in [-0.1, -0.05) is 31.5 Å². The maximum absolute atomic E-state index is 14.3. The number of nitrogens with one attached hydrogen (secondary N) is 1. The van der Waals surface area contributed by atoms with Crippen molar-refractivity contribution in [2.24, 2.45) is 0 Å². The van der Waals surface area contributed by atoms with Crippen LogP contribution in [0.2, 0.25) is 0 Å². The number of rotatable bonds is 7. The molecule has 1 aromatic carbocycles. The molecule has 0 aliphatic heterocycles. The highest BCUT2D eigenvalue weighted by atomic mass is 31.1. The number of halogens is 1. The van der Waals surface area contributed by atoms with Crippen molar-refractivity contribution in [3.8, 4) is 5.75 Å². The van der Waals surface area contributed by atoms with Crippen molar-refractivity contribution in [1.82, 2.24) is 5.32 Å². The van der Waals surface area contributed by atoms with Crippen molar-refractivity contribution >= 4 is 14.2 Å². The molecule has 1 rings (SSSR count). The van der Waals surface area contributed by atoms with Crippen LogP contribution in [0.5, 0.6) is 5.75 Å². The van der Waals surface area contributed by atoms with E-state index in [1.165, 1.54) is 24.3 Å². The second-order valence-corrected chi connectivity index (χ2v) is 6.13. The first-order valence-electron chi connectivity index (χ1n) is 6.72. The normalized spacial score (nSPS) is 14.3. The van der Waals surface area contributed by atoms with E-state index in [2.05, 4.69) is 9.84 Å². The summed E-state index contributed by atoms with van der Waals surface area (Å²) in [5.41, 5.74) is -0.578. The summed E-state index contributed by atoms with van der Waals surface area (Å²) in [6, 6.07) is 5.78. The van der Waals surface area contributed by atoms with E-state index < -0.39 is 25.9 Å². The molecule has 0 aliphatic carbocycles. The van der Waals surface area contributed by atoms with Gasteiger partial charge in [-0.05, 0) is 26.3 Å². The Morgan fingerprint density at radius 3 is 2.67 bits per heavy atom. The van der Waals surface area contributed by atoms with E-state index >= 15 is 0 Å². The Bertz CT molecular complexity index is 521. The van der Waals surface area contributed by atoms with Gasteiger partial charge in [-0.25, -0.2) is 8.96 Å². The number of amides is 1. The summed E-state index contributed by atoms with van der Waals surface area (Å²) in [6.07, 6.45) is -0.386.